The second-order valence-electron chi connectivity index (χ2n) is 5.13. The highest BCUT2D eigenvalue weighted by atomic mass is 127. The molecule has 4 nitrogen and oxygen atoms in total. The lowest BCUT2D eigenvalue weighted by atomic mass is 10.2. The lowest BCUT2D eigenvalue weighted by Gasteiger charge is -2.04. The predicted molar refractivity (Wildman–Crippen MR) is 104 cm³/mol. The van der Waals surface area contributed by atoms with Crippen LogP contribution in [-0.4, -0.2) is 10.9 Å². The van der Waals surface area contributed by atoms with Crippen LogP contribution in [0.1, 0.15) is 10.6 Å². The molecule has 2 aromatic heterocycles. The van der Waals surface area contributed by atoms with Crippen molar-refractivity contribution >= 4 is 55.7 Å². The van der Waals surface area contributed by atoms with Crippen LogP contribution < -0.4 is 5.32 Å². The molecule has 1 N–H and O–H groups in total. The number of nitrogens with zero attached hydrogens (tertiary/aromatic N) is 1. The van der Waals surface area contributed by atoms with Crippen molar-refractivity contribution in [2.24, 2.45) is 0 Å². The molecule has 0 saturated carbocycles. The molecule has 0 spiro atoms. The van der Waals surface area contributed by atoms with Gasteiger partial charge < -0.3 is 9.73 Å². The zero-order chi connectivity index (χ0) is 16.5. The third-order valence-electron chi connectivity index (χ3n) is 3.46. The molecule has 0 aliphatic rings. The third-order valence-corrected chi connectivity index (χ3v) is 5.12. The van der Waals surface area contributed by atoms with Gasteiger partial charge in [-0.1, -0.05) is 24.3 Å². The molecule has 2 aromatic carbocycles. The molecule has 0 aliphatic carbocycles. The van der Waals surface area contributed by atoms with E-state index in [1.165, 1.54) is 0 Å². The Bertz CT molecular complexity index is 1010. The van der Waals surface area contributed by atoms with Gasteiger partial charge >= 0.3 is 0 Å². The average Bonchev–Trinajstić information content (AvgIpc) is 3.21. The molecule has 118 valence electrons. The van der Waals surface area contributed by atoms with Gasteiger partial charge in [-0.3, -0.25) is 4.79 Å². The summed E-state index contributed by atoms with van der Waals surface area (Å²) in [6.45, 7) is 0. The van der Waals surface area contributed by atoms with Gasteiger partial charge in [0, 0.05) is 11.3 Å². The van der Waals surface area contributed by atoms with E-state index in [9.17, 15) is 4.79 Å². The van der Waals surface area contributed by atoms with Gasteiger partial charge in [0.05, 0.1) is 10.2 Å². The quantitative estimate of drug-likeness (QED) is 0.428. The summed E-state index contributed by atoms with van der Waals surface area (Å²) in [7, 11) is 0. The van der Waals surface area contributed by atoms with E-state index in [0.29, 0.717) is 15.2 Å². The Hall–Kier alpha value is -2.19. The van der Waals surface area contributed by atoms with Gasteiger partial charge in [0.15, 0.2) is 9.53 Å². The molecule has 1 amide bonds. The standard InChI is InChI=1S/C18H11IN2O2S/c19-16-9-8-14(23-16)17(22)20-12-5-3-4-11(10-12)18-21-13-6-1-2-7-15(13)24-18/h1-10H,(H,20,22). The van der Waals surface area contributed by atoms with Crippen molar-refractivity contribution in [1.29, 1.82) is 0 Å². The number of carbonyl (C=O) groups excluding carboxylic acids is 1. The largest absolute Gasteiger partial charge is 0.445 e. The van der Waals surface area contributed by atoms with Gasteiger partial charge in [0.25, 0.3) is 5.91 Å². The molecule has 0 saturated heterocycles. The number of carbonyl (C=O) groups is 1. The maximum Gasteiger partial charge on any atom is 0.291 e. The topological polar surface area (TPSA) is 55.1 Å². The van der Waals surface area contributed by atoms with Crippen LogP contribution in [0.25, 0.3) is 20.8 Å². The average molecular weight is 446 g/mol. The van der Waals surface area contributed by atoms with E-state index in [2.05, 4.69) is 16.4 Å². The summed E-state index contributed by atoms with van der Waals surface area (Å²) >= 11 is 3.67. The SMILES string of the molecule is O=C(Nc1cccc(-c2nc3ccccc3s2)c1)c1ccc(I)o1. The maximum atomic E-state index is 12.2. The minimum atomic E-state index is -0.264. The van der Waals surface area contributed by atoms with Gasteiger partial charge in [-0.2, -0.15) is 0 Å². The Kier molecular flexibility index (Phi) is 4.07. The number of thiazole rings is 1. The summed E-state index contributed by atoms with van der Waals surface area (Å²) in [5.41, 5.74) is 2.67. The second kappa shape index (κ2) is 6.37. The van der Waals surface area contributed by atoms with E-state index in [0.717, 1.165) is 20.8 Å². The van der Waals surface area contributed by atoms with Crippen LogP contribution in [0.15, 0.2) is 65.1 Å². The van der Waals surface area contributed by atoms with E-state index in [1.807, 2.05) is 65.1 Å². The molecule has 0 unspecified atom stereocenters. The summed E-state index contributed by atoms with van der Waals surface area (Å²) in [6, 6.07) is 19.1. The molecule has 0 fully saturated rings. The molecule has 4 rings (SSSR count). The van der Waals surface area contributed by atoms with Crippen molar-refractivity contribution in [3.05, 3.63) is 70.2 Å². The van der Waals surface area contributed by atoms with Crippen LogP contribution in [0.3, 0.4) is 0 Å². The van der Waals surface area contributed by atoms with Crippen LogP contribution in [0.5, 0.6) is 0 Å². The minimum Gasteiger partial charge on any atom is -0.445 e. The second-order valence-corrected chi connectivity index (χ2v) is 7.22. The highest BCUT2D eigenvalue weighted by molar-refractivity contribution is 14.1. The summed E-state index contributed by atoms with van der Waals surface area (Å²) in [4.78, 5) is 16.8. The normalized spacial score (nSPS) is 10.9. The molecular weight excluding hydrogens is 435 g/mol. The van der Waals surface area contributed by atoms with Crippen molar-refractivity contribution in [1.82, 2.24) is 4.98 Å². The zero-order valence-corrected chi connectivity index (χ0v) is 15.3. The maximum absolute atomic E-state index is 12.2. The Morgan fingerprint density at radius 2 is 1.96 bits per heavy atom. The first-order chi connectivity index (χ1) is 11.7. The number of anilines is 1. The fourth-order valence-corrected chi connectivity index (χ4v) is 3.73. The number of rotatable bonds is 3. The van der Waals surface area contributed by atoms with Gasteiger partial charge in [-0.25, -0.2) is 4.98 Å². The van der Waals surface area contributed by atoms with Crippen LogP contribution in [0, 0.1) is 3.77 Å². The van der Waals surface area contributed by atoms with Crippen LogP contribution >= 0.6 is 33.9 Å². The van der Waals surface area contributed by atoms with Gasteiger partial charge in [-0.05, 0) is 59.0 Å². The van der Waals surface area contributed by atoms with Crippen molar-refractivity contribution < 1.29 is 9.21 Å². The van der Waals surface area contributed by atoms with Crippen molar-refractivity contribution in [3.8, 4) is 10.6 Å². The van der Waals surface area contributed by atoms with Gasteiger partial charge in [-0.15, -0.1) is 11.3 Å². The van der Waals surface area contributed by atoms with E-state index in [4.69, 9.17) is 4.42 Å². The van der Waals surface area contributed by atoms with Crippen LogP contribution in [0.2, 0.25) is 0 Å². The Morgan fingerprint density at radius 3 is 2.75 bits per heavy atom. The number of furan rings is 1. The third kappa shape index (κ3) is 3.07. The highest BCUT2D eigenvalue weighted by Crippen LogP contribution is 2.31. The Balaban J connectivity index is 1.62. The van der Waals surface area contributed by atoms with E-state index >= 15 is 0 Å². The number of para-hydroxylation sites is 1. The molecular formula is C18H11IN2O2S. The van der Waals surface area contributed by atoms with E-state index < -0.39 is 0 Å². The van der Waals surface area contributed by atoms with Crippen LogP contribution in [0.4, 0.5) is 5.69 Å². The number of aromatic nitrogens is 1. The molecule has 0 aliphatic heterocycles. The number of halogens is 1. The monoisotopic (exact) mass is 446 g/mol. The van der Waals surface area contributed by atoms with E-state index in [1.54, 1.807) is 23.5 Å². The molecule has 24 heavy (non-hydrogen) atoms. The minimum absolute atomic E-state index is 0.264. The Labute approximate surface area is 155 Å². The molecule has 0 atom stereocenters. The number of hydrogen-bond acceptors (Lipinski definition) is 4. The number of benzene rings is 2. The van der Waals surface area contributed by atoms with E-state index in [-0.39, 0.29) is 5.91 Å². The summed E-state index contributed by atoms with van der Waals surface area (Å²) in [5, 5.41) is 3.79. The number of fused-ring (bicyclic) bond motifs is 1. The first-order valence-electron chi connectivity index (χ1n) is 7.22. The first kappa shape index (κ1) is 15.3. The zero-order valence-electron chi connectivity index (χ0n) is 12.3. The van der Waals surface area contributed by atoms with Crippen LogP contribution in [-0.2, 0) is 0 Å². The molecule has 6 heteroatoms. The van der Waals surface area contributed by atoms with Crippen molar-refractivity contribution in [2.45, 2.75) is 0 Å². The predicted octanol–water partition coefficient (Wildman–Crippen LogP) is 5.41. The number of hydrogen-bond donors (Lipinski definition) is 1. The lowest BCUT2D eigenvalue weighted by Crippen LogP contribution is -2.10. The number of nitrogens with one attached hydrogen (secondary N) is 1. The van der Waals surface area contributed by atoms with Crippen molar-refractivity contribution in [3.63, 3.8) is 0 Å². The summed E-state index contributed by atoms with van der Waals surface area (Å²) < 4.78 is 7.16. The summed E-state index contributed by atoms with van der Waals surface area (Å²) in [6.07, 6.45) is 0. The van der Waals surface area contributed by atoms with Gasteiger partial charge in [0.2, 0.25) is 0 Å². The molecule has 2 heterocycles. The van der Waals surface area contributed by atoms with Crippen molar-refractivity contribution in [2.75, 3.05) is 5.32 Å². The molecule has 4 aromatic rings. The highest BCUT2D eigenvalue weighted by Gasteiger charge is 2.12. The smallest absolute Gasteiger partial charge is 0.291 e. The summed E-state index contributed by atoms with van der Waals surface area (Å²) in [5.74, 6) is 0.0316. The number of amides is 1. The fraction of sp³-hybridized carbons (Fsp3) is 0. The molecule has 0 bridgehead atoms. The first-order valence-corrected chi connectivity index (χ1v) is 9.11. The molecule has 0 radical (unpaired) electrons. The lowest BCUT2D eigenvalue weighted by molar-refractivity contribution is 0.0995. The van der Waals surface area contributed by atoms with Gasteiger partial charge in [0.1, 0.15) is 5.01 Å². The fourth-order valence-electron chi connectivity index (χ4n) is 2.35. The Morgan fingerprint density at radius 1 is 1.08 bits per heavy atom.